The lowest BCUT2D eigenvalue weighted by atomic mass is 9.94. The van der Waals surface area contributed by atoms with E-state index in [-0.39, 0.29) is 5.78 Å². The van der Waals surface area contributed by atoms with Gasteiger partial charge < -0.3 is 10.2 Å². The Bertz CT molecular complexity index is 684. The van der Waals surface area contributed by atoms with Gasteiger partial charge in [-0.2, -0.15) is 0 Å². The fourth-order valence-electron chi connectivity index (χ4n) is 2.64. The van der Waals surface area contributed by atoms with Crippen molar-refractivity contribution in [3.8, 4) is 0 Å². The van der Waals surface area contributed by atoms with Gasteiger partial charge in [-0.3, -0.25) is 4.79 Å². The fraction of sp³-hybridized carbons (Fsp3) is 0.381. The molecule has 2 aromatic carbocycles. The molecule has 3 nitrogen and oxygen atoms in total. The summed E-state index contributed by atoms with van der Waals surface area (Å²) in [4.78, 5) is 12.0. The number of rotatable bonds is 6. The van der Waals surface area contributed by atoms with Crippen molar-refractivity contribution in [1.29, 1.82) is 0 Å². The Morgan fingerprint density at radius 3 is 1.62 bits per heavy atom. The van der Waals surface area contributed by atoms with Gasteiger partial charge in [0.15, 0.2) is 5.78 Å². The van der Waals surface area contributed by atoms with Gasteiger partial charge in [0.05, 0.1) is 5.60 Å². The molecule has 0 aliphatic carbocycles. The summed E-state index contributed by atoms with van der Waals surface area (Å²) in [5.74, 6) is -0.273. The SMILES string of the molecule is CC(C)(O)Cc1ccc(Cc2ccc(C(=O)C(C)(C)O)cc2)cc1. The van der Waals surface area contributed by atoms with Crippen LogP contribution in [0.15, 0.2) is 48.5 Å². The number of Topliss-reactive ketones (excluding diaryl/α,β-unsaturated/α-hetero) is 1. The van der Waals surface area contributed by atoms with Crippen LogP contribution >= 0.6 is 0 Å². The highest BCUT2D eigenvalue weighted by molar-refractivity contribution is 6.01. The standard InChI is InChI=1S/C21H26O3/c1-20(2,23)14-17-7-5-15(6-8-17)13-16-9-11-18(12-10-16)19(22)21(3,4)24/h5-12,23-24H,13-14H2,1-4H3. The van der Waals surface area contributed by atoms with Crippen LogP contribution in [0.2, 0.25) is 0 Å². The quantitative estimate of drug-likeness (QED) is 0.798. The van der Waals surface area contributed by atoms with Crippen LogP contribution < -0.4 is 0 Å². The minimum absolute atomic E-state index is 0.273. The summed E-state index contributed by atoms with van der Waals surface area (Å²) in [6.45, 7) is 6.60. The number of carbonyl (C=O) groups excluding carboxylic acids is 1. The summed E-state index contributed by atoms with van der Waals surface area (Å²) in [5, 5.41) is 19.6. The molecule has 2 aromatic rings. The molecular formula is C21H26O3. The molecule has 128 valence electrons. The fourth-order valence-corrected chi connectivity index (χ4v) is 2.64. The second-order valence-electron chi connectivity index (χ2n) is 7.57. The van der Waals surface area contributed by atoms with Gasteiger partial charge in [-0.05, 0) is 50.8 Å². The molecule has 0 heterocycles. The van der Waals surface area contributed by atoms with Crippen LogP contribution in [0.5, 0.6) is 0 Å². The first kappa shape index (κ1) is 18.4. The molecule has 3 heteroatoms. The third kappa shape index (κ3) is 5.29. The van der Waals surface area contributed by atoms with Crippen molar-refractivity contribution < 1.29 is 15.0 Å². The molecule has 0 radical (unpaired) electrons. The summed E-state index contributed by atoms with van der Waals surface area (Å²) >= 11 is 0. The number of hydrogen-bond donors (Lipinski definition) is 2. The van der Waals surface area contributed by atoms with Crippen LogP contribution in [-0.4, -0.2) is 27.2 Å². The van der Waals surface area contributed by atoms with E-state index in [4.69, 9.17) is 0 Å². The Morgan fingerprint density at radius 2 is 1.21 bits per heavy atom. The van der Waals surface area contributed by atoms with Gasteiger partial charge in [-0.1, -0.05) is 48.5 Å². The zero-order chi connectivity index (χ0) is 18.0. The van der Waals surface area contributed by atoms with Crippen molar-refractivity contribution in [3.63, 3.8) is 0 Å². The number of ketones is 1. The number of hydrogen-bond acceptors (Lipinski definition) is 3. The molecule has 2 N–H and O–H groups in total. The molecule has 0 aromatic heterocycles. The molecule has 2 rings (SSSR count). The summed E-state index contributed by atoms with van der Waals surface area (Å²) in [6, 6.07) is 15.6. The van der Waals surface area contributed by atoms with Crippen molar-refractivity contribution in [2.75, 3.05) is 0 Å². The Kier molecular flexibility index (Phi) is 5.26. The maximum absolute atomic E-state index is 12.0. The third-order valence-corrected chi connectivity index (χ3v) is 3.84. The van der Waals surface area contributed by atoms with Gasteiger partial charge in [-0.25, -0.2) is 0 Å². The second-order valence-corrected chi connectivity index (χ2v) is 7.57. The predicted octanol–water partition coefficient (Wildman–Crippen LogP) is 3.54. The molecule has 0 aliphatic heterocycles. The van der Waals surface area contributed by atoms with Crippen LogP contribution in [0.3, 0.4) is 0 Å². The zero-order valence-corrected chi connectivity index (χ0v) is 14.8. The first-order valence-electron chi connectivity index (χ1n) is 8.21. The van der Waals surface area contributed by atoms with Crippen molar-refractivity contribution in [1.82, 2.24) is 0 Å². The first-order chi connectivity index (χ1) is 11.0. The molecule has 24 heavy (non-hydrogen) atoms. The Morgan fingerprint density at radius 1 is 0.792 bits per heavy atom. The molecule has 0 atom stereocenters. The van der Waals surface area contributed by atoms with E-state index in [1.807, 2.05) is 24.3 Å². The van der Waals surface area contributed by atoms with E-state index >= 15 is 0 Å². The predicted molar refractivity (Wildman–Crippen MR) is 96.3 cm³/mol. The highest BCUT2D eigenvalue weighted by Gasteiger charge is 2.24. The van der Waals surface area contributed by atoms with Crippen molar-refractivity contribution in [3.05, 3.63) is 70.8 Å². The summed E-state index contributed by atoms with van der Waals surface area (Å²) in [6.07, 6.45) is 1.40. The van der Waals surface area contributed by atoms with Gasteiger partial charge in [0.1, 0.15) is 5.60 Å². The number of aliphatic hydroxyl groups is 2. The lowest BCUT2D eigenvalue weighted by Crippen LogP contribution is -2.31. The smallest absolute Gasteiger partial charge is 0.193 e. The molecule has 0 spiro atoms. The number of carbonyl (C=O) groups is 1. The van der Waals surface area contributed by atoms with Crippen LogP contribution in [-0.2, 0) is 12.8 Å². The lowest BCUT2D eigenvalue weighted by molar-refractivity contribution is 0.0488. The maximum atomic E-state index is 12.0. The average molecular weight is 326 g/mol. The average Bonchev–Trinajstić information content (AvgIpc) is 2.47. The van der Waals surface area contributed by atoms with Crippen molar-refractivity contribution >= 4 is 5.78 Å². The van der Waals surface area contributed by atoms with E-state index in [0.717, 1.165) is 17.5 Å². The minimum Gasteiger partial charge on any atom is -0.390 e. The van der Waals surface area contributed by atoms with Gasteiger partial charge in [0.2, 0.25) is 0 Å². The van der Waals surface area contributed by atoms with E-state index in [2.05, 4.69) is 12.1 Å². The van der Waals surface area contributed by atoms with E-state index < -0.39 is 11.2 Å². The Labute approximate surface area is 144 Å². The third-order valence-electron chi connectivity index (χ3n) is 3.84. The maximum Gasteiger partial charge on any atom is 0.193 e. The van der Waals surface area contributed by atoms with Gasteiger partial charge in [0, 0.05) is 12.0 Å². The van der Waals surface area contributed by atoms with E-state index in [1.54, 1.807) is 26.0 Å². The van der Waals surface area contributed by atoms with E-state index in [9.17, 15) is 15.0 Å². The van der Waals surface area contributed by atoms with Crippen LogP contribution in [0, 0.1) is 0 Å². The molecular weight excluding hydrogens is 300 g/mol. The zero-order valence-electron chi connectivity index (χ0n) is 14.8. The Balaban J connectivity index is 2.05. The molecule has 0 saturated heterocycles. The van der Waals surface area contributed by atoms with Gasteiger partial charge in [0.25, 0.3) is 0 Å². The topological polar surface area (TPSA) is 57.5 Å². The van der Waals surface area contributed by atoms with E-state index in [0.29, 0.717) is 12.0 Å². The Hall–Kier alpha value is -1.97. The summed E-state index contributed by atoms with van der Waals surface area (Å²) < 4.78 is 0. The van der Waals surface area contributed by atoms with Crippen LogP contribution in [0.1, 0.15) is 54.7 Å². The van der Waals surface area contributed by atoms with Crippen molar-refractivity contribution in [2.45, 2.75) is 51.7 Å². The number of benzene rings is 2. The summed E-state index contributed by atoms with van der Waals surface area (Å²) in [5.41, 5.74) is 1.86. The molecule has 0 aliphatic rings. The van der Waals surface area contributed by atoms with Gasteiger partial charge in [-0.15, -0.1) is 0 Å². The highest BCUT2D eigenvalue weighted by atomic mass is 16.3. The van der Waals surface area contributed by atoms with Gasteiger partial charge >= 0.3 is 0 Å². The normalized spacial score (nSPS) is 12.2. The van der Waals surface area contributed by atoms with Crippen LogP contribution in [0.25, 0.3) is 0 Å². The van der Waals surface area contributed by atoms with Crippen molar-refractivity contribution in [2.24, 2.45) is 0 Å². The largest absolute Gasteiger partial charge is 0.390 e. The second kappa shape index (κ2) is 6.88. The molecule has 0 amide bonds. The van der Waals surface area contributed by atoms with Crippen LogP contribution in [0.4, 0.5) is 0 Å². The van der Waals surface area contributed by atoms with E-state index in [1.165, 1.54) is 19.4 Å². The monoisotopic (exact) mass is 326 g/mol. The minimum atomic E-state index is -1.35. The molecule has 0 saturated carbocycles. The first-order valence-corrected chi connectivity index (χ1v) is 8.21. The summed E-state index contributed by atoms with van der Waals surface area (Å²) in [7, 11) is 0. The molecule has 0 unspecified atom stereocenters. The highest BCUT2D eigenvalue weighted by Crippen LogP contribution is 2.17. The lowest BCUT2D eigenvalue weighted by Gasteiger charge is -2.17. The molecule has 0 bridgehead atoms. The molecule has 0 fully saturated rings.